The van der Waals surface area contributed by atoms with Crippen LogP contribution in [0, 0.1) is 0 Å². The van der Waals surface area contributed by atoms with Gasteiger partial charge in [-0.25, -0.2) is 9.97 Å². The summed E-state index contributed by atoms with van der Waals surface area (Å²) in [6, 6.07) is 2.13. The van der Waals surface area contributed by atoms with E-state index in [4.69, 9.17) is 5.73 Å². The van der Waals surface area contributed by atoms with Crippen LogP contribution in [0.4, 0.5) is 0 Å². The average molecular weight is 230 g/mol. The zero-order chi connectivity index (χ0) is 11.7. The summed E-state index contributed by atoms with van der Waals surface area (Å²) in [5.74, 6) is 0.648. The van der Waals surface area contributed by atoms with Gasteiger partial charge in [0.05, 0.1) is 5.69 Å². The summed E-state index contributed by atoms with van der Waals surface area (Å²) in [5, 5.41) is 0. The number of nitrogens with zero attached hydrogens (tertiary/aromatic N) is 3. The standard InChI is InChI=1S/C13H18N4/c14-6-5-11-8-17-9-15-12(7-13(17)16-11)10-3-1-2-4-10/h7-10H,1-6,14H2. The zero-order valence-electron chi connectivity index (χ0n) is 9.97. The van der Waals surface area contributed by atoms with Crippen LogP contribution >= 0.6 is 0 Å². The first-order chi connectivity index (χ1) is 8.36. The van der Waals surface area contributed by atoms with E-state index in [9.17, 15) is 0 Å². The predicted octanol–water partition coefficient (Wildman–Crippen LogP) is 1.89. The monoisotopic (exact) mass is 230 g/mol. The van der Waals surface area contributed by atoms with E-state index in [1.54, 1.807) is 0 Å². The molecule has 1 aliphatic carbocycles. The second kappa shape index (κ2) is 4.45. The highest BCUT2D eigenvalue weighted by atomic mass is 15.0. The van der Waals surface area contributed by atoms with Crippen LogP contribution < -0.4 is 5.73 Å². The van der Waals surface area contributed by atoms with Crippen molar-refractivity contribution in [3.8, 4) is 0 Å². The van der Waals surface area contributed by atoms with Gasteiger partial charge in [-0.1, -0.05) is 12.8 Å². The van der Waals surface area contributed by atoms with Crippen molar-refractivity contribution in [2.24, 2.45) is 5.73 Å². The van der Waals surface area contributed by atoms with Crippen LogP contribution in [0.15, 0.2) is 18.6 Å². The van der Waals surface area contributed by atoms with Gasteiger partial charge in [-0.3, -0.25) is 4.40 Å². The Balaban J connectivity index is 1.94. The fourth-order valence-electron chi connectivity index (χ4n) is 2.67. The molecule has 0 radical (unpaired) electrons. The van der Waals surface area contributed by atoms with Crippen molar-refractivity contribution in [2.45, 2.75) is 38.0 Å². The first-order valence-electron chi connectivity index (χ1n) is 6.40. The van der Waals surface area contributed by atoms with Gasteiger partial charge in [0.25, 0.3) is 0 Å². The number of nitrogens with two attached hydrogens (primary N) is 1. The molecule has 4 nitrogen and oxygen atoms in total. The van der Waals surface area contributed by atoms with E-state index in [1.807, 2.05) is 16.9 Å². The summed E-state index contributed by atoms with van der Waals surface area (Å²) in [6.07, 6.45) is 9.97. The third-order valence-electron chi connectivity index (χ3n) is 3.59. The number of aromatic nitrogens is 3. The Bertz CT molecular complexity index is 511. The van der Waals surface area contributed by atoms with Crippen LogP contribution in [0.3, 0.4) is 0 Å². The molecule has 0 saturated heterocycles. The number of hydrogen-bond donors (Lipinski definition) is 1. The quantitative estimate of drug-likeness (QED) is 0.876. The topological polar surface area (TPSA) is 56.2 Å². The van der Waals surface area contributed by atoms with E-state index in [-0.39, 0.29) is 0 Å². The Kier molecular flexibility index (Phi) is 2.81. The van der Waals surface area contributed by atoms with Gasteiger partial charge >= 0.3 is 0 Å². The Labute approximate surface area is 101 Å². The van der Waals surface area contributed by atoms with Crippen LogP contribution in [0.2, 0.25) is 0 Å². The second-order valence-electron chi connectivity index (χ2n) is 4.83. The fraction of sp³-hybridized carbons (Fsp3) is 0.538. The molecular weight excluding hydrogens is 212 g/mol. The predicted molar refractivity (Wildman–Crippen MR) is 67.0 cm³/mol. The Morgan fingerprint density at radius 1 is 1.35 bits per heavy atom. The Morgan fingerprint density at radius 3 is 2.94 bits per heavy atom. The molecule has 90 valence electrons. The lowest BCUT2D eigenvalue weighted by Gasteiger charge is -2.07. The van der Waals surface area contributed by atoms with Gasteiger partial charge in [0.2, 0.25) is 0 Å². The summed E-state index contributed by atoms with van der Waals surface area (Å²) in [4.78, 5) is 9.13. The van der Waals surface area contributed by atoms with Crippen LogP contribution in [0.25, 0.3) is 5.65 Å². The van der Waals surface area contributed by atoms with E-state index in [0.29, 0.717) is 12.5 Å². The maximum Gasteiger partial charge on any atom is 0.140 e. The molecule has 1 aliphatic rings. The fourth-order valence-corrected chi connectivity index (χ4v) is 2.67. The van der Waals surface area contributed by atoms with Crippen LogP contribution in [0.1, 0.15) is 43.0 Å². The van der Waals surface area contributed by atoms with Crippen molar-refractivity contribution in [1.82, 2.24) is 14.4 Å². The maximum absolute atomic E-state index is 5.55. The molecule has 0 unspecified atom stereocenters. The smallest absolute Gasteiger partial charge is 0.140 e. The van der Waals surface area contributed by atoms with Gasteiger partial charge in [0.15, 0.2) is 0 Å². The highest BCUT2D eigenvalue weighted by Crippen LogP contribution is 2.33. The molecule has 2 aromatic heterocycles. The van der Waals surface area contributed by atoms with E-state index in [2.05, 4.69) is 16.0 Å². The van der Waals surface area contributed by atoms with Crippen molar-refractivity contribution in [1.29, 1.82) is 0 Å². The van der Waals surface area contributed by atoms with E-state index in [1.165, 1.54) is 31.4 Å². The molecule has 1 saturated carbocycles. The Hall–Kier alpha value is -1.42. The van der Waals surface area contributed by atoms with Crippen molar-refractivity contribution in [2.75, 3.05) is 6.54 Å². The van der Waals surface area contributed by atoms with E-state index < -0.39 is 0 Å². The largest absolute Gasteiger partial charge is 0.330 e. The molecule has 0 atom stereocenters. The molecule has 0 aromatic carbocycles. The van der Waals surface area contributed by atoms with Crippen molar-refractivity contribution in [3.05, 3.63) is 30.0 Å². The number of rotatable bonds is 3. The van der Waals surface area contributed by atoms with Gasteiger partial charge in [0, 0.05) is 30.3 Å². The minimum absolute atomic E-state index is 0.646. The summed E-state index contributed by atoms with van der Waals surface area (Å²) in [7, 11) is 0. The third-order valence-corrected chi connectivity index (χ3v) is 3.59. The summed E-state index contributed by atoms with van der Waals surface area (Å²) >= 11 is 0. The molecule has 3 rings (SSSR count). The van der Waals surface area contributed by atoms with E-state index in [0.717, 1.165) is 17.8 Å². The molecule has 2 aromatic rings. The molecule has 17 heavy (non-hydrogen) atoms. The summed E-state index contributed by atoms with van der Waals surface area (Å²) < 4.78 is 1.99. The molecule has 2 N–H and O–H groups in total. The average Bonchev–Trinajstić information content (AvgIpc) is 2.96. The lowest BCUT2D eigenvalue weighted by atomic mass is 10.0. The second-order valence-corrected chi connectivity index (χ2v) is 4.83. The molecular formula is C13H18N4. The Morgan fingerprint density at radius 2 is 2.18 bits per heavy atom. The van der Waals surface area contributed by atoms with Gasteiger partial charge in [-0.15, -0.1) is 0 Å². The first kappa shape index (κ1) is 10.7. The minimum atomic E-state index is 0.646. The normalized spacial score (nSPS) is 17.0. The van der Waals surface area contributed by atoms with Gasteiger partial charge in [-0.2, -0.15) is 0 Å². The zero-order valence-corrected chi connectivity index (χ0v) is 9.97. The van der Waals surface area contributed by atoms with Crippen LogP contribution in [-0.2, 0) is 6.42 Å². The summed E-state index contributed by atoms with van der Waals surface area (Å²) in [6.45, 7) is 0.646. The molecule has 0 bridgehead atoms. The molecule has 2 heterocycles. The summed E-state index contributed by atoms with van der Waals surface area (Å²) in [5.41, 5.74) is 8.81. The highest BCUT2D eigenvalue weighted by molar-refractivity contribution is 5.41. The molecule has 0 aliphatic heterocycles. The third kappa shape index (κ3) is 2.05. The first-order valence-corrected chi connectivity index (χ1v) is 6.40. The lowest BCUT2D eigenvalue weighted by Crippen LogP contribution is -2.02. The molecule has 4 heteroatoms. The lowest BCUT2D eigenvalue weighted by molar-refractivity contribution is 0.693. The molecule has 0 amide bonds. The minimum Gasteiger partial charge on any atom is -0.330 e. The van der Waals surface area contributed by atoms with Gasteiger partial charge in [0.1, 0.15) is 12.0 Å². The van der Waals surface area contributed by atoms with Gasteiger partial charge in [-0.05, 0) is 19.4 Å². The van der Waals surface area contributed by atoms with Crippen LogP contribution in [-0.4, -0.2) is 20.9 Å². The number of hydrogen-bond acceptors (Lipinski definition) is 3. The van der Waals surface area contributed by atoms with Gasteiger partial charge < -0.3 is 5.73 Å². The number of fused-ring (bicyclic) bond motifs is 1. The van der Waals surface area contributed by atoms with Crippen molar-refractivity contribution in [3.63, 3.8) is 0 Å². The van der Waals surface area contributed by atoms with Crippen LogP contribution in [0.5, 0.6) is 0 Å². The molecule has 0 spiro atoms. The highest BCUT2D eigenvalue weighted by Gasteiger charge is 2.18. The van der Waals surface area contributed by atoms with E-state index >= 15 is 0 Å². The number of imidazole rings is 1. The SMILES string of the molecule is NCCc1cn2cnc(C3CCCC3)cc2n1. The van der Waals surface area contributed by atoms with Crippen molar-refractivity contribution < 1.29 is 0 Å². The molecule has 1 fully saturated rings. The van der Waals surface area contributed by atoms with Crippen molar-refractivity contribution >= 4 is 5.65 Å². The maximum atomic E-state index is 5.55.